The molecule has 3 aromatic rings. The Bertz CT molecular complexity index is 1880. The molecule has 2 bridgehead atoms. The number of alkyl halides is 3. The minimum absolute atomic E-state index is 0.00669. The number of carboxylic acids is 1. The van der Waals surface area contributed by atoms with Crippen molar-refractivity contribution in [3.8, 4) is 11.1 Å². The Labute approximate surface area is 293 Å². The predicted octanol–water partition coefficient (Wildman–Crippen LogP) is 6.33. The molecule has 9 nitrogen and oxygen atoms in total. The fourth-order valence-corrected chi connectivity index (χ4v) is 7.12. The zero-order valence-corrected chi connectivity index (χ0v) is 29.5. The summed E-state index contributed by atoms with van der Waals surface area (Å²) in [6, 6.07) is 1.01. The lowest BCUT2D eigenvalue weighted by molar-refractivity contribution is -0.140. The van der Waals surface area contributed by atoms with Crippen LogP contribution in [0.1, 0.15) is 91.8 Å². The molecule has 0 radical (unpaired) electrons. The highest BCUT2D eigenvalue weighted by molar-refractivity contribution is 5.82. The number of carbonyl (C=O) groups excluding carboxylic acids is 1. The van der Waals surface area contributed by atoms with Gasteiger partial charge in [0, 0.05) is 30.9 Å². The van der Waals surface area contributed by atoms with Crippen LogP contribution in [0.15, 0.2) is 40.1 Å². The van der Waals surface area contributed by atoms with Gasteiger partial charge in [0.25, 0.3) is 5.56 Å². The number of fused-ring (bicyclic) bond motifs is 4. The first-order chi connectivity index (χ1) is 23.9. The molecule has 0 spiro atoms. The maximum Gasteiger partial charge on any atom is 0.419 e. The summed E-state index contributed by atoms with van der Waals surface area (Å²) in [5, 5.41) is 12.3. The predicted molar refractivity (Wildman–Crippen MR) is 182 cm³/mol. The number of rotatable bonds is 7. The van der Waals surface area contributed by atoms with Crippen LogP contribution in [0.25, 0.3) is 11.1 Å². The maximum atomic E-state index is 16.0. The van der Waals surface area contributed by atoms with Crippen LogP contribution < -0.4 is 16.6 Å². The van der Waals surface area contributed by atoms with Crippen molar-refractivity contribution in [1.82, 2.24) is 19.4 Å². The molecule has 3 atom stereocenters. The number of aliphatic carboxylic acids is 1. The third-order valence-corrected chi connectivity index (χ3v) is 9.34. The standard InChI is InChI=1S/C37H45F5N4O5/c1-21(19-44(3)4)13-25-20-46(36(51)45(5)35(25)50)30-12-10-8-6-7-9-11-23-15-26(38)14-22(2)32(23)24-16-27(29(18-31(47)48)43-34(30)49)33(39)28(17-24)37(40,41)42/h14-17,20-21,29-30H,6-13,18-19H2,1-5H3,(H,43,49)(H,47,48)/t21?,29-,30-/m0/s1. The van der Waals surface area contributed by atoms with E-state index in [1.54, 1.807) is 0 Å². The summed E-state index contributed by atoms with van der Waals surface area (Å²) < 4.78 is 75.7. The number of nitrogens with zero attached hydrogens (tertiary/aromatic N) is 3. The lowest BCUT2D eigenvalue weighted by Gasteiger charge is -2.26. The molecule has 278 valence electrons. The molecule has 2 aromatic carbocycles. The zero-order chi connectivity index (χ0) is 37.8. The van der Waals surface area contributed by atoms with Gasteiger partial charge < -0.3 is 15.3 Å². The highest BCUT2D eigenvalue weighted by Crippen LogP contribution is 2.40. The summed E-state index contributed by atoms with van der Waals surface area (Å²) in [5.41, 5.74) is -2.57. The number of carboxylic acid groups (broad SMARTS) is 1. The number of aryl methyl sites for hydroxylation is 2. The Balaban J connectivity index is 1.93. The van der Waals surface area contributed by atoms with Crippen molar-refractivity contribution >= 4 is 11.9 Å². The number of aromatic nitrogens is 2. The van der Waals surface area contributed by atoms with Crippen molar-refractivity contribution in [2.75, 3.05) is 20.6 Å². The van der Waals surface area contributed by atoms with Gasteiger partial charge in [0.1, 0.15) is 17.7 Å². The van der Waals surface area contributed by atoms with Gasteiger partial charge in [0.15, 0.2) is 0 Å². The summed E-state index contributed by atoms with van der Waals surface area (Å²) in [6.07, 6.45) is -1.18. The highest BCUT2D eigenvalue weighted by atomic mass is 19.4. The first-order valence-electron chi connectivity index (χ1n) is 17.1. The Kier molecular flexibility index (Phi) is 12.6. The molecule has 0 saturated carbocycles. The zero-order valence-electron chi connectivity index (χ0n) is 29.5. The van der Waals surface area contributed by atoms with E-state index < -0.39 is 70.6 Å². The summed E-state index contributed by atoms with van der Waals surface area (Å²) in [6.45, 7) is 4.09. The van der Waals surface area contributed by atoms with Gasteiger partial charge in [-0.3, -0.25) is 23.5 Å². The molecular weight excluding hydrogens is 675 g/mol. The molecular formula is C37H45F5N4O5. The third kappa shape index (κ3) is 9.52. The van der Waals surface area contributed by atoms with Crippen LogP contribution in [0, 0.1) is 24.5 Å². The van der Waals surface area contributed by atoms with E-state index in [0.717, 1.165) is 21.3 Å². The van der Waals surface area contributed by atoms with Gasteiger partial charge in [-0.05, 0) is 99.1 Å². The molecule has 1 amide bonds. The number of amides is 1. The van der Waals surface area contributed by atoms with Crippen LogP contribution in [0.2, 0.25) is 0 Å². The van der Waals surface area contributed by atoms with Gasteiger partial charge >= 0.3 is 17.8 Å². The summed E-state index contributed by atoms with van der Waals surface area (Å²) >= 11 is 0. The molecule has 4 rings (SSSR count). The number of hydrogen-bond acceptors (Lipinski definition) is 5. The molecule has 2 heterocycles. The molecule has 51 heavy (non-hydrogen) atoms. The van der Waals surface area contributed by atoms with Crippen LogP contribution in [0.5, 0.6) is 0 Å². The molecule has 1 aliphatic heterocycles. The molecule has 0 aliphatic carbocycles. The summed E-state index contributed by atoms with van der Waals surface area (Å²) in [5.74, 6) is -4.79. The molecule has 1 aliphatic rings. The first kappa shape index (κ1) is 39.5. The Hall–Kier alpha value is -4.33. The SMILES string of the molecule is Cc1cc(F)cc2c1-c1cc(c(F)c(C(F)(F)F)c1)[C@H](CC(=O)O)NC(=O)[C@@H](n1cc(CC(C)CN(C)C)c(=O)n(C)c1=O)CCCCCCC2. The van der Waals surface area contributed by atoms with Gasteiger partial charge in [-0.15, -0.1) is 0 Å². The van der Waals surface area contributed by atoms with Gasteiger partial charge in [0.05, 0.1) is 18.0 Å². The van der Waals surface area contributed by atoms with Gasteiger partial charge in [0.2, 0.25) is 5.91 Å². The van der Waals surface area contributed by atoms with E-state index in [1.165, 1.54) is 26.2 Å². The van der Waals surface area contributed by atoms with Crippen molar-refractivity contribution in [3.05, 3.63) is 90.8 Å². The number of nitrogens with one attached hydrogen (secondary N) is 1. The number of carbonyl (C=O) groups is 2. The van der Waals surface area contributed by atoms with E-state index in [-0.39, 0.29) is 35.4 Å². The third-order valence-electron chi connectivity index (χ3n) is 9.34. The molecule has 1 unspecified atom stereocenters. The fraction of sp³-hybridized carbons (Fsp3) is 0.514. The average molecular weight is 721 g/mol. The second-order valence-electron chi connectivity index (χ2n) is 13.9. The Morgan fingerprint density at radius 1 is 1.04 bits per heavy atom. The normalized spacial score (nSPS) is 18.3. The van der Waals surface area contributed by atoms with Crippen molar-refractivity contribution in [2.45, 2.75) is 89.9 Å². The van der Waals surface area contributed by atoms with Gasteiger partial charge in [-0.1, -0.05) is 32.6 Å². The molecule has 14 heteroatoms. The minimum atomic E-state index is -5.20. The van der Waals surface area contributed by atoms with Crippen molar-refractivity contribution in [1.29, 1.82) is 0 Å². The Morgan fingerprint density at radius 3 is 2.35 bits per heavy atom. The second kappa shape index (κ2) is 16.3. The van der Waals surface area contributed by atoms with Crippen LogP contribution in [0.4, 0.5) is 22.0 Å². The summed E-state index contributed by atoms with van der Waals surface area (Å²) in [4.78, 5) is 54.9. The number of hydrogen-bond donors (Lipinski definition) is 2. The average Bonchev–Trinajstić information content (AvgIpc) is 3.01. The number of benzene rings is 2. The smallest absolute Gasteiger partial charge is 0.419 e. The van der Waals surface area contributed by atoms with E-state index in [9.17, 15) is 41.8 Å². The Morgan fingerprint density at radius 2 is 1.71 bits per heavy atom. The highest BCUT2D eigenvalue weighted by Gasteiger charge is 2.38. The topological polar surface area (TPSA) is 114 Å². The quantitative estimate of drug-likeness (QED) is 0.276. The van der Waals surface area contributed by atoms with E-state index in [1.807, 2.05) is 25.9 Å². The second-order valence-corrected chi connectivity index (χ2v) is 13.9. The maximum absolute atomic E-state index is 16.0. The first-order valence-corrected chi connectivity index (χ1v) is 17.1. The van der Waals surface area contributed by atoms with Crippen LogP contribution in [-0.2, 0) is 35.7 Å². The van der Waals surface area contributed by atoms with Crippen molar-refractivity contribution in [3.63, 3.8) is 0 Å². The van der Waals surface area contributed by atoms with Gasteiger partial charge in [-0.25, -0.2) is 13.6 Å². The monoisotopic (exact) mass is 720 g/mol. The van der Waals surface area contributed by atoms with Crippen molar-refractivity contribution < 1.29 is 36.6 Å². The fourth-order valence-electron chi connectivity index (χ4n) is 7.12. The van der Waals surface area contributed by atoms with Gasteiger partial charge in [-0.2, -0.15) is 13.2 Å². The molecule has 0 saturated heterocycles. The van der Waals surface area contributed by atoms with E-state index in [4.69, 9.17) is 0 Å². The van der Waals surface area contributed by atoms with Crippen LogP contribution >= 0.6 is 0 Å². The van der Waals surface area contributed by atoms with Crippen LogP contribution in [0.3, 0.4) is 0 Å². The lowest BCUT2D eigenvalue weighted by Crippen LogP contribution is -2.45. The van der Waals surface area contributed by atoms with E-state index in [2.05, 4.69) is 5.32 Å². The summed E-state index contributed by atoms with van der Waals surface area (Å²) in [7, 11) is 5.04. The molecule has 0 fully saturated rings. The lowest BCUT2D eigenvalue weighted by atomic mass is 9.87. The van der Waals surface area contributed by atoms with E-state index in [0.29, 0.717) is 62.3 Å². The largest absolute Gasteiger partial charge is 0.481 e. The van der Waals surface area contributed by atoms with E-state index >= 15 is 4.39 Å². The van der Waals surface area contributed by atoms with Crippen LogP contribution in [-0.4, -0.2) is 51.7 Å². The van der Waals surface area contributed by atoms with Crippen molar-refractivity contribution in [2.24, 2.45) is 13.0 Å². The molecule has 1 aromatic heterocycles. The minimum Gasteiger partial charge on any atom is -0.481 e. The molecule has 2 N–H and O–H groups in total. The number of halogens is 5.